The predicted molar refractivity (Wildman–Crippen MR) is 103 cm³/mol. The highest BCUT2D eigenvalue weighted by Gasteiger charge is 2.27. The Balaban J connectivity index is 1.36. The van der Waals surface area contributed by atoms with Crippen molar-refractivity contribution < 1.29 is 9.90 Å². The third kappa shape index (κ3) is 2.82. The maximum atomic E-state index is 13.0. The molecule has 0 saturated carbocycles. The fourth-order valence-electron chi connectivity index (χ4n) is 4.26. The monoisotopic (exact) mass is 377 g/mol. The fraction of sp³-hybridized carbons (Fsp3) is 0.381. The first kappa shape index (κ1) is 17.2. The van der Waals surface area contributed by atoms with Crippen LogP contribution in [-0.2, 0) is 33.0 Å². The van der Waals surface area contributed by atoms with Crippen molar-refractivity contribution in [2.75, 3.05) is 6.54 Å². The zero-order valence-corrected chi connectivity index (χ0v) is 15.9. The van der Waals surface area contributed by atoms with Crippen molar-refractivity contribution in [3.8, 4) is 0 Å². The zero-order valence-electron chi connectivity index (χ0n) is 15.9. The van der Waals surface area contributed by atoms with E-state index in [0.29, 0.717) is 31.2 Å². The molecule has 144 valence electrons. The van der Waals surface area contributed by atoms with Gasteiger partial charge in [0, 0.05) is 31.5 Å². The van der Waals surface area contributed by atoms with Crippen LogP contribution in [-0.4, -0.2) is 41.8 Å². The molecular formula is C21H23N5O2. The summed E-state index contributed by atoms with van der Waals surface area (Å²) in [6.45, 7) is 1.73. The lowest BCUT2D eigenvalue weighted by Gasteiger charge is -2.28. The number of hydrogen-bond acceptors (Lipinski definition) is 4. The number of hydrogen-bond donors (Lipinski definition) is 1. The van der Waals surface area contributed by atoms with E-state index in [4.69, 9.17) is 0 Å². The Hall–Kier alpha value is -2.93. The topological polar surface area (TPSA) is 76.2 Å². The van der Waals surface area contributed by atoms with Gasteiger partial charge in [-0.25, -0.2) is 4.98 Å². The van der Waals surface area contributed by atoms with Crippen molar-refractivity contribution in [2.24, 2.45) is 7.05 Å². The number of aliphatic hydroxyl groups is 1. The van der Waals surface area contributed by atoms with Gasteiger partial charge in [-0.15, -0.1) is 0 Å². The molecule has 2 aliphatic rings. The van der Waals surface area contributed by atoms with Crippen LogP contribution in [0.25, 0.3) is 0 Å². The average Bonchev–Trinajstić information content (AvgIpc) is 3.44. The van der Waals surface area contributed by atoms with Gasteiger partial charge in [0.1, 0.15) is 5.82 Å². The Kier molecular flexibility index (Phi) is 4.05. The number of aliphatic hydroxyl groups excluding tert-OH is 1. The molecule has 0 fully saturated rings. The van der Waals surface area contributed by atoms with E-state index >= 15 is 0 Å². The number of aryl methyl sites for hydroxylation is 3. The van der Waals surface area contributed by atoms with Gasteiger partial charge in [-0.2, -0.15) is 5.10 Å². The lowest BCUT2D eigenvalue weighted by Crippen LogP contribution is -2.38. The minimum atomic E-state index is -0.876. The van der Waals surface area contributed by atoms with Gasteiger partial charge < -0.3 is 14.6 Å². The van der Waals surface area contributed by atoms with Gasteiger partial charge in [0.2, 0.25) is 0 Å². The molecule has 7 heteroatoms. The first-order valence-electron chi connectivity index (χ1n) is 9.73. The van der Waals surface area contributed by atoms with Crippen molar-refractivity contribution in [3.63, 3.8) is 0 Å². The molecule has 0 saturated heterocycles. The van der Waals surface area contributed by atoms with Crippen LogP contribution in [0.5, 0.6) is 0 Å². The molecule has 5 rings (SSSR count). The van der Waals surface area contributed by atoms with Crippen molar-refractivity contribution in [1.29, 1.82) is 0 Å². The second-order valence-electron chi connectivity index (χ2n) is 7.65. The number of amides is 1. The Morgan fingerprint density at radius 2 is 2.04 bits per heavy atom. The minimum absolute atomic E-state index is 0.0633. The molecule has 0 radical (unpaired) electrons. The van der Waals surface area contributed by atoms with Crippen LogP contribution in [0.4, 0.5) is 0 Å². The maximum Gasteiger partial charge on any atom is 0.254 e. The van der Waals surface area contributed by atoms with Crippen molar-refractivity contribution in [2.45, 2.75) is 38.5 Å². The summed E-state index contributed by atoms with van der Waals surface area (Å²) in [4.78, 5) is 19.1. The SMILES string of the molecule is Cn1ccnc1[C@@H](O)c1cc2n(n1)CCN(C(=O)c1ccc3c(c1)CCC3)C2. The van der Waals surface area contributed by atoms with Crippen LogP contribution in [0, 0.1) is 0 Å². The number of carbonyl (C=O) groups is 1. The summed E-state index contributed by atoms with van der Waals surface area (Å²) in [5.41, 5.74) is 4.96. The second-order valence-corrected chi connectivity index (χ2v) is 7.65. The van der Waals surface area contributed by atoms with Crippen molar-refractivity contribution in [1.82, 2.24) is 24.2 Å². The van der Waals surface area contributed by atoms with Crippen LogP contribution in [0.2, 0.25) is 0 Å². The number of benzene rings is 1. The van der Waals surface area contributed by atoms with E-state index in [1.165, 1.54) is 17.5 Å². The van der Waals surface area contributed by atoms with E-state index < -0.39 is 6.10 Å². The van der Waals surface area contributed by atoms with Gasteiger partial charge in [0.05, 0.1) is 24.5 Å². The molecule has 3 heterocycles. The van der Waals surface area contributed by atoms with Crippen LogP contribution in [0.15, 0.2) is 36.7 Å². The lowest BCUT2D eigenvalue weighted by molar-refractivity contribution is 0.0705. The Labute approximate surface area is 163 Å². The van der Waals surface area contributed by atoms with Gasteiger partial charge in [0.15, 0.2) is 6.10 Å². The first-order chi connectivity index (χ1) is 13.6. The molecule has 1 amide bonds. The number of aromatic nitrogens is 4. The summed E-state index contributed by atoms with van der Waals surface area (Å²) in [5.74, 6) is 0.620. The number of carbonyl (C=O) groups excluding carboxylic acids is 1. The minimum Gasteiger partial charge on any atom is -0.379 e. The van der Waals surface area contributed by atoms with E-state index in [1.54, 1.807) is 17.0 Å². The molecule has 1 aromatic carbocycles. The summed E-state index contributed by atoms with van der Waals surface area (Å²) < 4.78 is 3.67. The van der Waals surface area contributed by atoms with Crippen LogP contribution >= 0.6 is 0 Å². The summed E-state index contributed by atoms with van der Waals surface area (Å²) in [6.07, 6.45) is 5.94. The van der Waals surface area contributed by atoms with Gasteiger partial charge in [-0.1, -0.05) is 6.07 Å². The van der Waals surface area contributed by atoms with Crippen molar-refractivity contribution >= 4 is 5.91 Å². The smallest absolute Gasteiger partial charge is 0.254 e. The normalized spacial score (nSPS) is 16.7. The molecule has 1 N–H and O–H groups in total. The van der Waals surface area contributed by atoms with Gasteiger partial charge in [0.25, 0.3) is 5.91 Å². The number of fused-ring (bicyclic) bond motifs is 2. The Morgan fingerprint density at radius 3 is 2.86 bits per heavy atom. The molecule has 0 bridgehead atoms. The summed E-state index contributed by atoms with van der Waals surface area (Å²) in [5, 5.41) is 15.2. The highest BCUT2D eigenvalue weighted by atomic mass is 16.3. The van der Waals surface area contributed by atoms with E-state index in [9.17, 15) is 9.90 Å². The van der Waals surface area contributed by atoms with E-state index in [1.807, 2.05) is 28.8 Å². The quantitative estimate of drug-likeness (QED) is 0.756. The van der Waals surface area contributed by atoms with Crippen LogP contribution in [0.1, 0.15) is 51.2 Å². The van der Waals surface area contributed by atoms with Gasteiger partial charge in [-0.05, 0) is 48.6 Å². The molecule has 28 heavy (non-hydrogen) atoms. The zero-order chi connectivity index (χ0) is 19.3. The molecule has 7 nitrogen and oxygen atoms in total. The maximum absolute atomic E-state index is 13.0. The van der Waals surface area contributed by atoms with Crippen LogP contribution < -0.4 is 0 Å². The lowest BCUT2D eigenvalue weighted by atomic mass is 10.1. The standard InChI is InChI=1S/C21H23N5O2/c1-24-8-7-22-20(24)19(27)18-12-17-13-25(9-10-26(17)23-18)21(28)16-6-5-14-3-2-4-15(14)11-16/h5-8,11-12,19,27H,2-4,9-10,13H2,1H3/t19-/m0/s1. The fourth-order valence-corrected chi connectivity index (χ4v) is 4.26. The molecule has 1 aliphatic heterocycles. The first-order valence-corrected chi connectivity index (χ1v) is 9.73. The largest absolute Gasteiger partial charge is 0.379 e. The molecule has 1 atom stereocenters. The molecule has 0 unspecified atom stereocenters. The molecule has 0 spiro atoms. The molecular weight excluding hydrogens is 354 g/mol. The van der Waals surface area contributed by atoms with E-state index in [2.05, 4.69) is 22.2 Å². The number of rotatable bonds is 3. The van der Waals surface area contributed by atoms with Crippen molar-refractivity contribution in [3.05, 3.63) is 70.6 Å². The summed E-state index contributed by atoms with van der Waals surface area (Å²) in [7, 11) is 1.85. The van der Waals surface area contributed by atoms with E-state index in [0.717, 1.165) is 24.1 Å². The highest BCUT2D eigenvalue weighted by molar-refractivity contribution is 5.94. The third-order valence-corrected chi connectivity index (χ3v) is 5.83. The van der Waals surface area contributed by atoms with Gasteiger partial charge >= 0.3 is 0 Å². The average molecular weight is 377 g/mol. The number of imidazole rings is 1. The second kappa shape index (κ2) is 6.60. The predicted octanol–water partition coefficient (Wildman–Crippen LogP) is 1.84. The summed E-state index contributed by atoms with van der Waals surface area (Å²) >= 11 is 0. The molecule has 2 aromatic heterocycles. The third-order valence-electron chi connectivity index (χ3n) is 5.83. The molecule has 3 aromatic rings. The highest BCUT2D eigenvalue weighted by Crippen LogP contribution is 2.26. The Morgan fingerprint density at radius 1 is 1.18 bits per heavy atom. The van der Waals surface area contributed by atoms with E-state index in [-0.39, 0.29) is 5.91 Å². The van der Waals surface area contributed by atoms with Crippen LogP contribution in [0.3, 0.4) is 0 Å². The molecule has 1 aliphatic carbocycles. The Bertz CT molecular complexity index is 1050. The van der Waals surface area contributed by atoms with Gasteiger partial charge in [-0.3, -0.25) is 9.48 Å². The number of nitrogens with zero attached hydrogens (tertiary/aromatic N) is 5. The summed E-state index contributed by atoms with van der Waals surface area (Å²) in [6, 6.07) is 7.99.